The predicted octanol–water partition coefficient (Wildman–Crippen LogP) is 2.54. The summed E-state index contributed by atoms with van der Waals surface area (Å²) in [4.78, 5) is 0. The van der Waals surface area contributed by atoms with Crippen molar-refractivity contribution in [3.05, 3.63) is 48.0 Å². The van der Waals surface area contributed by atoms with Crippen LogP contribution in [0, 0.1) is 11.3 Å². The summed E-state index contributed by atoms with van der Waals surface area (Å²) in [7, 11) is -4.65. The summed E-state index contributed by atoms with van der Waals surface area (Å²) in [5.41, 5.74) is 0.799. The summed E-state index contributed by atoms with van der Waals surface area (Å²) in [5, 5.41) is 10.2. The smallest absolute Gasteiger partial charge is 0.361 e. The van der Waals surface area contributed by atoms with Crippen molar-refractivity contribution in [2.75, 3.05) is 0 Å². The Bertz CT molecular complexity index is 803. The van der Waals surface area contributed by atoms with E-state index in [-0.39, 0.29) is 11.3 Å². The highest BCUT2D eigenvalue weighted by Crippen LogP contribution is 2.32. The fourth-order valence-corrected chi connectivity index (χ4v) is 2.22. The molecule has 0 spiro atoms. The van der Waals surface area contributed by atoms with E-state index in [9.17, 15) is 8.42 Å². The van der Waals surface area contributed by atoms with E-state index in [0.29, 0.717) is 16.3 Å². The zero-order valence-electron chi connectivity index (χ0n) is 9.70. The molecule has 0 atom stereocenters. The zero-order chi connectivity index (χ0) is 14.0. The van der Waals surface area contributed by atoms with E-state index in [0.717, 1.165) is 0 Å². The van der Waals surface area contributed by atoms with Crippen LogP contribution in [0.4, 0.5) is 0 Å². The first-order valence-electron chi connectivity index (χ1n) is 5.21. The molecule has 0 saturated heterocycles. The second-order valence-electron chi connectivity index (χ2n) is 3.71. The number of benzene rings is 2. The largest absolute Gasteiger partial charge is 0.446 e. The van der Waals surface area contributed by atoms with Crippen LogP contribution < -0.4 is 4.18 Å². The number of fused-ring (bicyclic) bond motifs is 1. The molecule has 2 aromatic carbocycles. The van der Waals surface area contributed by atoms with E-state index >= 15 is 0 Å². The summed E-state index contributed by atoms with van der Waals surface area (Å²) >= 11 is 0. The van der Waals surface area contributed by atoms with E-state index < -0.39 is 10.4 Å². The summed E-state index contributed by atoms with van der Waals surface area (Å²) in [6.45, 7) is 3.63. The van der Waals surface area contributed by atoms with Crippen molar-refractivity contribution in [2.45, 2.75) is 0 Å². The summed E-state index contributed by atoms with van der Waals surface area (Å²) < 4.78 is 34.9. The van der Waals surface area contributed by atoms with Gasteiger partial charge < -0.3 is 4.18 Å². The van der Waals surface area contributed by atoms with Crippen LogP contribution in [-0.4, -0.2) is 13.0 Å². The Labute approximate surface area is 110 Å². The number of hydrogen-bond donors (Lipinski definition) is 1. The lowest BCUT2D eigenvalue weighted by Crippen LogP contribution is -2.07. The molecule has 0 radical (unpaired) electrons. The first-order chi connectivity index (χ1) is 8.96. The summed E-state index contributed by atoms with van der Waals surface area (Å²) in [6.07, 6.45) is 1.51. The summed E-state index contributed by atoms with van der Waals surface area (Å²) in [5.74, 6) is -0.0970. The maximum Gasteiger partial charge on any atom is 0.446 e. The van der Waals surface area contributed by atoms with Gasteiger partial charge >= 0.3 is 10.4 Å². The molecule has 0 saturated carbocycles. The van der Waals surface area contributed by atoms with E-state index in [1.165, 1.54) is 12.1 Å². The molecule has 0 aliphatic rings. The third kappa shape index (κ3) is 2.57. The van der Waals surface area contributed by atoms with Crippen LogP contribution in [0.15, 0.2) is 36.9 Å². The monoisotopic (exact) mass is 275 g/mol. The Morgan fingerprint density at radius 3 is 2.47 bits per heavy atom. The van der Waals surface area contributed by atoms with Gasteiger partial charge in [0.05, 0.1) is 11.6 Å². The van der Waals surface area contributed by atoms with Crippen molar-refractivity contribution in [1.29, 1.82) is 5.26 Å². The average Bonchev–Trinajstić information content (AvgIpc) is 2.36. The number of nitriles is 1. The van der Waals surface area contributed by atoms with Gasteiger partial charge in [-0.2, -0.15) is 13.7 Å². The molecule has 5 nitrogen and oxygen atoms in total. The van der Waals surface area contributed by atoms with Gasteiger partial charge in [0.25, 0.3) is 0 Å². The summed E-state index contributed by atoms with van der Waals surface area (Å²) in [6, 6.07) is 9.97. The highest BCUT2D eigenvalue weighted by molar-refractivity contribution is 7.81. The minimum Gasteiger partial charge on any atom is -0.361 e. The van der Waals surface area contributed by atoms with Crippen LogP contribution in [0.5, 0.6) is 5.75 Å². The minimum atomic E-state index is -4.65. The Morgan fingerprint density at radius 2 is 1.95 bits per heavy atom. The molecule has 1 N–H and O–H groups in total. The minimum absolute atomic E-state index is 0.0970. The van der Waals surface area contributed by atoms with E-state index in [2.05, 4.69) is 10.8 Å². The normalized spacial score (nSPS) is 10.9. The van der Waals surface area contributed by atoms with Crippen LogP contribution in [-0.2, 0) is 10.4 Å². The van der Waals surface area contributed by atoms with Crippen LogP contribution in [0.25, 0.3) is 16.8 Å². The van der Waals surface area contributed by atoms with Crippen LogP contribution >= 0.6 is 0 Å². The topological polar surface area (TPSA) is 87.4 Å². The fourth-order valence-electron chi connectivity index (χ4n) is 1.86. The molecule has 0 fully saturated rings. The van der Waals surface area contributed by atoms with Gasteiger partial charge in [-0.05, 0) is 10.9 Å². The molecule has 2 rings (SSSR count). The second kappa shape index (κ2) is 4.72. The lowest BCUT2D eigenvalue weighted by atomic mass is 9.99. The Morgan fingerprint density at radius 1 is 1.32 bits per heavy atom. The van der Waals surface area contributed by atoms with E-state index in [1.54, 1.807) is 24.3 Å². The van der Waals surface area contributed by atoms with E-state index in [1.807, 2.05) is 6.07 Å². The van der Waals surface area contributed by atoms with E-state index in [4.69, 9.17) is 9.81 Å². The second-order valence-corrected chi connectivity index (χ2v) is 4.73. The quantitative estimate of drug-likeness (QED) is 0.870. The highest BCUT2D eigenvalue weighted by Gasteiger charge is 2.15. The predicted molar refractivity (Wildman–Crippen MR) is 70.9 cm³/mol. The van der Waals surface area contributed by atoms with Crippen molar-refractivity contribution in [2.24, 2.45) is 0 Å². The highest BCUT2D eigenvalue weighted by atomic mass is 32.3. The molecule has 19 heavy (non-hydrogen) atoms. The number of nitrogens with zero attached hydrogens (tertiary/aromatic N) is 1. The molecule has 0 aromatic heterocycles. The van der Waals surface area contributed by atoms with Crippen LogP contribution in [0.3, 0.4) is 0 Å². The first-order valence-corrected chi connectivity index (χ1v) is 6.58. The van der Waals surface area contributed by atoms with Crippen molar-refractivity contribution < 1.29 is 17.2 Å². The van der Waals surface area contributed by atoms with Gasteiger partial charge in [0, 0.05) is 11.5 Å². The zero-order valence-corrected chi connectivity index (χ0v) is 10.5. The maximum absolute atomic E-state index is 10.8. The van der Waals surface area contributed by atoms with Crippen molar-refractivity contribution in [3.63, 3.8) is 0 Å². The van der Waals surface area contributed by atoms with Gasteiger partial charge in [-0.15, -0.1) is 0 Å². The third-order valence-electron chi connectivity index (χ3n) is 2.57. The van der Waals surface area contributed by atoms with Gasteiger partial charge in [0.2, 0.25) is 0 Å². The van der Waals surface area contributed by atoms with Gasteiger partial charge in [0.1, 0.15) is 0 Å². The lowest BCUT2D eigenvalue weighted by Gasteiger charge is -2.10. The standard InChI is InChI=1S/C13H9NO4S/c1-2-10-9(8-14)7-13(18-19(15,16)17)12-6-4-3-5-11(10)12/h2-7H,1H2,(H,15,16,17). The third-order valence-corrected chi connectivity index (χ3v) is 2.96. The van der Waals surface area contributed by atoms with Crippen molar-refractivity contribution >= 4 is 27.2 Å². The SMILES string of the molecule is C=Cc1c(C#N)cc(OS(=O)(=O)O)c2ccccc12. The molecular weight excluding hydrogens is 266 g/mol. The first kappa shape index (κ1) is 13.1. The van der Waals surface area contributed by atoms with Gasteiger partial charge in [-0.25, -0.2) is 0 Å². The average molecular weight is 275 g/mol. The molecule has 6 heteroatoms. The van der Waals surface area contributed by atoms with Crippen LogP contribution in [0.2, 0.25) is 0 Å². The Hall–Kier alpha value is -2.36. The fraction of sp³-hybridized carbons (Fsp3) is 0. The number of rotatable bonds is 3. The van der Waals surface area contributed by atoms with Crippen molar-refractivity contribution in [1.82, 2.24) is 0 Å². The lowest BCUT2D eigenvalue weighted by molar-refractivity contribution is 0.388. The van der Waals surface area contributed by atoms with Gasteiger partial charge in [-0.3, -0.25) is 4.55 Å². The molecule has 0 amide bonds. The number of hydrogen-bond acceptors (Lipinski definition) is 4. The molecular formula is C13H9NO4S. The van der Waals surface area contributed by atoms with Gasteiger partial charge in [-0.1, -0.05) is 36.9 Å². The van der Waals surface area contributed by atoms with Crippen molar-refractivity contribution in [3.8, 4) is 11.8 Å². The molecule has 96 valence electrons. The van der Waals surface area contributed by atoms with Gasteiger partial charge in [0.15, 0.2) is 5.75 Å². The molecule has 0 unspecified atom stereocenters. The molecule has 2 aromatic rings. The molecule has 0 heterocycles. The Kier molecular flexibility index (Phi) is 3.25. The Balaban J connectivity index is 2.86. The molecule has 0 aliphatic heterocycles. The molecule has 0 bridgehead atoms. The van der Waals surface area contributed by atoms with Crippen LogP contribution in [0.1, 0.15) is 11.1 Å². The maximum atomic E-state index is 10.8. The molecule has 0 aliphatic carbocycles.